The molecule has 5 nitrogen and oxygen atoms in total. The summed E-state index contributed by atoms with van der Waals surface area (Å²) in [4.78, 5) is 12.0. The molecule has 1 N–H and O–H groups in total. The van der Waals surface area contributed by atoms with Crippen LogP contribution in [0.1, 0.15) is 16.2 Å². The number of carbonyl (C=O) groups is 1. The van der Waals surface area contributed by atoms with Crippen LogP contribution in [0, 0.1) is 0 Å². The molecule has 0 fully saturated rings. The third kappa shape index (κ3) is 3.93. The molecule has 0 aliphatic carbocycles. The zero-order valence-electron chi connectivity index (χ0n) is 12.5. The molecule has 1 heterocycles. The number of aromatic nitrogens is 2. The van der Waals surface area contributed by atoms with Crippen LogP contribution in [0.25, 0.3) is 11.5 Å². The van der Waals surface area contributed by atoms with E-state index in [0.717, 1.165) is 0 Å². The third-order valence-corrected chi connectivity index (χ3v) is 3.88. The van der Waals surface area contributed by atoms with E-state index in [1.54, 1.807) is 30.3 Å². The first-order valence-corrected chi connectivity index (χ1v) is 8.00. The Bertz CT molecular complexity index is 847. The molecule has 0 aliphatic heterocycles. The van der Waals surface area contributed by atoms with Crippen LogP contribution in [-0.4, -0.2) is 22.6 Å². The molecule has 1 aromatic heterocycles. The van der Waals surface area contributed by atoms with Gasteiger partial charge in [0.05, 0.1) is 10.6 Å². The number of nitrogens with one attached hydrogen (secondary N) is 1. The van der Waals surface area contributed by atoms with Crippen molar-refractivity contribution in [2.24, 2.45) is 0 Å². The minimum absolute atomic E-state index is 0.183. The second kappa shape index (κ2) is 7.47. The summed E-state index contributed by atoms with van der Waals surface area (Å²) in [5.41, 5.74) is 1.23. The maximum Gasteiger partial charge on any atom is 0.251 e. The van der Waals surface area contributed by atoms with Gasteiger partial charge in [0.1, 0.15) is 0 Å². The zero-order chi connectivity index (χ0) is 16.9. The Morgan fingerprint density at radius 1 is 1.04 bits per heavy atom. The average molecular weight is 362 g/mol. The van der Waals surface area contributed by atoms with Crippen molar-refractivity contribution >= 4 is 29.1 Å². The summed E-state index contributed by atoms with van der Waals surface area (Å²) in [5, 5.41) is 11.9. The Morgan fingerprint density at radius 3 is 2.54 bits per heavy atom. The fraction of sp³-hybridized carbons (Fsp3) is 0.118. The zero-order valence-corrected chi connectivity index (χ0v) is 14.0. The average Bonchev–Trinajstić information content (AvgIpc) is 3.04. The molecule has 3 rings (SSSR count). The Morgan fingerprint density at radius 2 is 1.79 bits per heavy atom. The lowest BCUT2D eigenvalue weighted by Gasteiger charge is -2.03. The lowest BCUT2D eigenvalue weighted by molar-refractivity contribution is 0.0953. The number of amides is 1. The molecule has 2 aromatic carbocycles. The lowest BCUT2D eigenvalue weighted by Crippen LogP contribution is -2.25. The van der Waals surface area contributed by atoms with Crippen LogP contribution >= 0.6 is 23.2 Å². The SMILES string of the molecule is O=C(NCCc1nnc(-c2ccccc2Cl)o1)c1ccc(Cl)cc1. The quantitative estimate of drug-likeness (QED) is 0.745. The molecule has 0 atom stereocenters. The molecular formula is C17H13Cl2N3O2. The number of hydrogen-bond acceptors (Lipinski definition) is 4. The molecule has 1 amide bonds. The summed E-state index contributed by atoms with van der Waals surface area (Å²) < 4.78 is 5.58. The highest BCUT2D eigenvalue weighted by Gasteiger charge is 2.12. The summed E-state index contributed by atoms with van der Waals surface area (Å²) in [6.07, 6.45) is 0.427. The van der Waals surface area contributed by atoms with Gasteiger partial charge >= 0.3 is 0 Å². The molecule has 0 saturated heterocycles. The number of carbonyl (C=O) groups excluding carboxylic acids is 1. The van der Waals surface area contributed by atoms with Crippen molar-refractivity contribution in [2.75, 3.05) is 6.54 Å². The van der Waals surface area contributed by atoms with Gasteiger partial charge in [0.2, 0.25) is 11.8 Å². The van der Waals surface area contributed by atoms with Crippen LogP contribution in [0.15, 0.2) is 52.9 Å². The lowest BCUT2D eigenvalue weighted by atomic mass is 10.2. The van der Waals surface area contributed by atoms with Gasteiger partial charge in [-0.2, -0.15) is 0 Å². The van der Waals surface area contributed by atoms with Crippen LogP contribution < -0.4 is 5.32 Å². The largest absolute Gasteiger partial charge is 0.421 e. The standard InChI is InChI=1S/C17H13Cl2N3O2/c18-12-7-5-11(6-8-12)16(23)20-10-9-15-21-22-17(24-15)13-3-1-2-4-14(13)19/h1-8H,9-10H2,(H,20,23). The van der Waals surface area contributed by atoms with Gasteiger partial charge < -0.3 is 9.73 Å². The van der Waals surface area contributed by atoms with Gasteiger partial charge in [0.15, 0.2) is 0 Å². The summed E-state index contributed by atoms with van der Waals surface area (Å²) in [6.45, 7) is 0.381. The van der Waals surface area contributed by atoms with E-state index in [0.29, 0.717) is 45.9 Å². The topological polar surface area (TPSA) is 68.0 Å². The minimum Gasteiger partial charge on any atom is -0.421 e. The predicted molar refractivity (Wildman–Crippen MR) is 92.2 cm³/mol. The Kier molecular flexibility index (Phi) is 5.13. The van der Waals surface area contributed by atoms with Crippen LogP contribution in [0.3, 0.4) is 0 Å². The van der Waals surface area contributed by atoms with Gasteiger partial charge in [-0.15, -0.1) is 10.2 Å². The molecule has 0 saturated carbocycles. The van der Waals surface area contributed by atoms with Crippen LogP contribution in [-0.2, 0) is 6.42 Å². The number of benzene rings is 2. The molecular weight excluding hydrogens is 349 g/mol. The molecule has 0 bridgehead atoms. The molecule has 3 aromatic rings. The predicted octanol–water partition coefficient (Wildman–Crippen LogP) is 4.02. The molecule has 0 spiro atoms. The van der Waals surface area contributed by atoms with E-state index < -0.39 is 0 Å². The third-order valence-electron chi connectivity index (χ3n) is 3.30. The monoisotopic (exact) mass is 361 g/mol. The molecule has 24 heavy (non-hydrogen) atoms. The van der Waals surface area contributed by atoms with Crippen LogP contribution in [0.2, 0.25) is 10.0 Å². The second-order valence-electron chi connectivity index (χ2n) is 4.99. The number of rotatable bonds is 5. The van der Waals surface area contributed by atoms with Gasteiger partial charge in [0, 0.05) is 23.6 Å². The van der Waals surface area contributed by atoms with Crippen molar-refractivity contribution in [3.63, 3.8) is 0 Å². The van der Waals surface area contributed by atoms with Crippen molar-refractivity contribution in [2.45, 2.75) is 6.42 Å². The summed E-state index contributed by atoms with van der Waals surface area (Å²) in [7, 11) is 0. The highest BCUT2D eigenvalue weighted by molar-refractivity contribution is 6.33. The smallest absolute Gasteiger partial charge is 0.251 e. The number of hydrogen-bond donors (Lipinski definition) is 1. The van der Waals surface area contributed by atoms with E-state index >= 15 is 0 Å². The van der Waals surface area contributed by atoms with Gasteiger partial charge in [-0.05, 0) is 36.4 Å². The van der Waals surface area contributed by atoms with Crippen molar-refractivity contribution < 1.29 is 9.21 Å². The normalized spacial score (nSPS) is 10.6. The number of nitrogens with zero attached hydrogens (tertiary/aromatic N) is 2. The van der Waals surface area contributed by atoms with Crippen molar-refractivity contribution in [3.8, 4) is 11.5 Å². The maximum atomic E-state index is 12.0. The van der Waals surface area contributed by atoms with E-state index in [9.17, 15) is 4.79 Å². The van der Waals surface area contributed by atoms with Crippen LogP contribution in [0.5, 0.6) is 0 Å². The first kappa shape index (κ1) is 16.5. The van der Waals surface area contributed by atoms with Gasteiger partial charge in [0.25, 0.3) is 5.91 Å². The van der Waals surface area contributed by atoms with Gasteiger partial charge in [-0.1, -0.05) is 35.3 Å². The van der Waals surface area contributed by atoms with Crippen molar-refractivity contribution in [1.29, 1.82) is 0 Å². The second-order valence-corrected chi connectivity index (χ2v) is 5.84. The van der Waals surface area contributed by atoms with Gasteiger partial charge in [-0.3, -0.25) is 4.79 Å². The fourth-order valence-corrected chi connectivity index (χ4v) is 2.43. The highest BCUT2D eigenvalue weighted by atomic mass is 35.5. The maximum absolute atomic E-state index is 12.0. The molecule has 0 aliphatic rings. The number of halogens is 2. The molecule has 7 heteroatoms. The van der Waals surface area contributed by atoms with E-state index in [2.05, 4.69) is 15.5 Å². The molecule has 122 valence electrons. The van der Waals surface area contributed by atoms with E-state index in [1.165, 1.54) is 0 Å². The minimum atomic E-state index is -0.183. The Labute approximate surface area is 148 Å². The summed E-state index contributed by atoms with van der Waals surface area (Å²) in [5.74, 6) is 0.610. The van der Waals surface area contributed by atoms with E-state index in [1.807, 2.05) is 18.2 Å². The van der Waals surface area contributed by atoms with E-state index in [4.69, 9.17) is 27.6 Å². The first-order valence-electron chi connectivity index (χ1n) is 7.24. The molecule has 0 unspecified atom stereocenters. The van der Waals surface area contributed by atoms with Crippen molar-refractivity contribution in [1.82, 2.24) is 15.5 Å². The first-order chi connectivity index (χ1) is 11.6. The van der Waals surface area contributed by atoms with Crippen molar-refractivity contribution in [3.05, 3.63) is 70.0 Å². The highest BCUT2D eigenvalue weighted by Crippen LogP contribution is 2.26. The van der Waals surface area contributed by atoms with Crippen LogP contribution in [0.4, 0.5) is 0 Å². The Hall–Kier alpha value is -2.37. The molecule has 0 radical (unpaired) electrons. The van der Waals surface area contributed by atoms with Gasteiger partial charge in [-0.25, -0.2) is 0 Å². The van der Waals surface area contributed by atoms with E-state index in [-0.39, 0.29) is 5.91 Å². The summed E-state index contributed by atoms with van der Waals surface area (Å²) in [6, 6.07) is 13.9. The Balaban J connectivity index is 1.57. The summed E-state index contributed by atoms with van der Waals surface area (Å²) >= 11 is 11.9. The fourth-order valence-electron chi connectivity index (χ4n) is 2.08.